The van der Waals surface area contributed by atoms with Gasteiger partial charge < -0.3 is 19.5 Å². The van der Waals surface area contributed by atoms with Gasteiger partial charge in [-0.05, 0) is 68.8 Å². The number of nitrogens with one attached hydrogen (secondary N) is 1. The van der Waals surface area contributed by atoms with Gasteiger partial charge in [0.05, 0.1) is 24.0 Å². The van der Waals surface area contributed by atoms with Crippen LogP contribution < -0.4 is 14.8 Å². The number of ether oxygens (including phenoxy) is 3. The number of carbonyl (C=O) groups excluding carboxylic acids is 1. The number of amides is 1. The van der Waals surface area contributed by atoms with Crippen molar-refractivity contribution in [3.63, 3.8) is 0 Å². The minimum absolute atomic E-state index is 0.0735. The smallest absolute Gasteiger partial charge is 0.257 e. The molecule has 3 rings (SSSR count). The van der Waals surface area contributed by atoms with E-state index in [-0.39, 0.29) is 12.0 Å². The summed E-state index contributed by atoms with van der Waals surface area (Å²) in [6.07, 6.45) is 1.73. The Morgan fingerprint density at radius 3 is 2.47 bits per heavy atom. The van der Waals surface area contributed by atoms with E-state index < -0.39 is 0 Å². The molecule has 1 heterocycles. The van der Waals surface area contributed by atoms with Crippen LogP contribution in [0.2, 0.25) is 0 Å². The number of aryl methyl sites for hydroxylation is 1. The molecule has 2 aromatic carbocycles. The summed E-state index contributed by atoms with van der Waals surface area (Å²) in [6, 6.07) is 18.4. The molecule has 0 fully saturated rings. The van der Waals surface area contributed by atoms with Crippen molar-refractivity contribution in [3.8, 4) is 17.2 Å². The second-order valence-corrected chi connectivity index (χ2v) is 7.59. The standard InChI is InChI=1S/C26H30N2O4/c1-5-15-31-22-10-12-23(13-11-22)32-24-8-6-7-20(17-24)28-26(29)25-14-9-21(27-19(25)3)16-18(2)30-4/h6-14,17-18H,5,15-16H2,1-4H3,(H,28,29). The van der Waals surface area contributed by atoms with Gasteiger partial charge in [-0.25, -0.2) is 0 Å². The molecule has 1 amide bonds. The largest absolute Gasteiger partial charge is 0.494 e. The Morgan fingerprint density at radius 1 is 1.03 bits per heavy atom. The predicted molar refractivity (Wildman–Crippen MR) is 126 cm³/mol. The molecule has 0 saturated heterocycles. The van der Waals surface area contributed by atoms with Crippen molar-refractivity contribution in [3.05, 3.63) is 77.6 Å². The maximum atomic E-state index is 12.8. The quantitative estimate of drug-likeness (QED) is 0.437. The maximum absolute atomic E-state index is 12.8. The Labute approximate surface area is 189 Å². The maximum Gasteiger partial charge on any atom is 0.257 e. The molecule has 6 heteroatoms. The Kier molecular flexibility index (Phi) is 8.22. The first kappa shape index (κ1) is 23.3. The number of aromatic nitrogens is 1. The van der Waals surface area contributed by atoms with Crippen LogP contribution in [0.4, 0.5) is 5.69 Å². The van der Waals surface area contributed by atoms with E-state index in [1.807, 2.05) is 62.4 Å². The SMILES string of the molecule is CCCOc1ccc(Oc2cccc(NC(=O)c3ccc(CC(C)OC)nc3C)c2)cc1. The van der Waals surface area contributed by atoms with Crippen LogP contribution in [0.3, 0.4) is 0 Å². The number of hydrogen-bond acceptors (Lipinski definition) is 5. The van der Waals surface area contributed by atoms with Gasteiger partial charge in [0.15, 0.2) is 0 Å². The minimum atomic E-state index is -0.212. The number of carbonyl (C=O) groups is 1. The average Bonchev–Trinajstić information content (AvgIpc) is 2.78. The highest BCUT2D eigenvalue weighted by molar-refractivity contribution is 6.05. The van der Waals surface area contributed by atoms with E-state index in [4.69, 9.17) is 14.2 Å². The first-order valence-corrected chi connectivity index (χ1v) is 10.8. The molecule has 3 aromatic rings. The summed E-state index contributed by atoms with van der Waals surface area (Å²) in [5.74, 6) is 1.92. The molecule has 32 heavy (non-hydrogen) atoms. The van der Waals surface area contributed by atoms with Crippen molar-refractivity contribution in [2.75, 3.05) is 19.0 Å². The second kappa shape index (κ2) is 11.3. The molecular weight excluding hydrogens is 404 g/mol. The third-order valence-corrected chi connectivity index (χ3v) is 4.91. The number of pyridine rings is 1. The van der Waals surface area contributed by atoms with Gasteiger partial charge in [0.25, 0.3) is 5.91 Å². The van der Waals surface area contributed by atoms with E-state index in [1.54, 1.807) is 19.2 Å². The zero-order valence-electron chi connectivity index (χ0n) is 19.1. The Hall–Kier alpha value is -3.38. The summed E-state index contributed by atoms with van der Waals surface area (Å²) < 4.78 is 16.8. The summed E-state index contributed by atoms with van der Waals surface area (Å²) >= 11 is 0. The van der Waals surface area contributed by atoms with E-state index in [9.17, 15) is 4.79 Å². The van der Waals surface area contributed by atoms with E-state index in [0.29, 0.717) is 41.5 Å². The predicted octanol–water partition coefficient (Wildman–Crippen LogP) is 5.80. The van der Waals surface area contributed by atoms with Gasteiger partial charge in [-0.3, -0.25) is 9.78 Å². The lowest BCUT2D eigenvalue weighted by molar-refractivity contribution is 0.102. The fourth-order valence-corrected chi connectivity index (χ4v) is 3.14. The second-order valence-electron chi connectivity index (χ2n) is 7.59. The highest BCUT2D eigenvalue weighted by Crippen LogP contribution is 2.26. The van der Waals surface area contributed by atoms with Crippen LogP contribution >= 0.6 is 0 Å². The summed E-state index contributed by atoms with van der Waals surface area (Å²) in [5, 5.41) is 2.93. The molecule has 0 aliphatic rings. The Bertz CT molecular complexity index is 1030. The van der Waals surface area contributed by atoms with Gasteiger partial charge in [0.2, 0.25) is 0 Å². The molecule has 6 nitrogen and oxygen atoms in total. The number of methoxy groups -OCH3 is 1. The Morgan fingerprint density at radius 2 is 1.78 bits per heavy atom. The molecule has 0 bridgehead atoms. The zero-order valence-corrected chi connectivity index (χ0v) is 19.1. The van der Waals surface area contributed by atoms with Gasteiger partial charge in [0, 0.05) is 31.0 Å². The van der Waals surface area contributed by atoms with E-state index in [0.717, 1.165) is 17.9 Å². The normalized spacial score (nSPS) is 11.6. The fraction of sp³-hybridized carbons (Fsp3) is 0.308. The Balaban J connectivity index is 1.64. The molecule has 0 saturated carbocycles. The van der Waals surface area contributed by atoms with E-state index >= 15 is 0 Å². The van der Waals surface area contributed by atoms with Crippen LogP contribution in [0.25, 0.3) is 0 Å². The molecule has 168 valence electrons. The number of anilines is 1. The summed E-state index contributed by atoms with van der Waals surface area (Å²) in [6.45, 7) is 6.58. The van der Waals surface area contributed by atoms with E-state index in [1.165, 1.54) is 0 Å². The van der Waals surface area contributed by atoms with Crippen LogP contribution in [0.15, 0.2) is 60.7 Å². The van der Waals surface area contributed by atoms with Crippen molar-refractivity contribution in [1.82, 2.24) is 4.98 Å². The molecule has 1 unspecified atom stereocenters. The zero-order chi connectivity index (χ0) is 22.9. The molecule has 0 aliphatic heterocycles. The lowest BCUT2D eigenvalue weighted by Gasteiger charge is -2.12. The topological polar surface area (TPSA) is 69.7 Å². The van der Waals surface area contributed by atoms with Gasteiger partial charge in [-0.15, -0.1) is 0 Å². The molecular formula is C26H30N2O4. The van der Waals surface area contributed by atoms with Crippen LogP contribution in [0.5, 0.6) is 17.2 Å². The third kappa shape index (κ3) is 6.56. The minimum Gasteiger partial charge on any atom is -0.494 e. The average molecular weight is 435 g/mol. The number of nitrogens with zero attached hydrogens (tertiary/aromatic N) is 1. The summed E-state index contributed by atoms with van der Waals surface area (Å²) in [5.41, 5.74) is 2.76. The number of benzene rings is 2. The number of rotatable bonds is 10. The van der Waals surface area contributed by atoms with Crippen molar-refractivity contribution < 1.29 is 19.0 Å². The van der Waals surface area contributed by atoms with Crippen LogP contribution in [0.1, 0.15) is 42.0 Å². The van der Waals surface area contributed by atoms with Gasteiger partial charge in [-0.2, -0.15) is 0 Å². The molecule has 0 spiro atoms. The highest BCUT2D eigenvalue weighted by atomic mass is 16.5. The number of hydrogen-bond donors (Lipinski definition) is 1. The fourth-order valence-electron chi connectivity index (χ4n) is 3.14. The van der Waals surface area contributed by atoms with Crippen molar-refractivity contribution >= 4 is 11.6 Å². The first-order valence-electron chi connectivity index (χ1n) is 10.8. The van der Waals surface area contributed by atoms with E-state index in [2.05, 4.69) is 17.2 Å². The molecule has 0 aliphatic carbocycles. The van der Waals surface area contributed by atoms with Crippen LogP contribution in [-0.2, 0) is 11.2 Å². The van der Waals surface area contributed by atoms with Crippen molar-refractivity contribution in [2.45, 2.75) is 39.7 Å². The monoisotopic (exact) mass is 434 g/mol. The van der Waals surface area contributed by atoms with Gasteiger partial charge in [0.1, 0.15) is 17.2 Å². The summed E-state index contributed by atoms with van der Waals surface area (Å²) in [7, 11) is 1.67. The molecule has 1 N–H and O–H groups in total. The lowest BCUT2D eigenvalue weighted by atomic mass is 10.1. The van der Waals surface area contributed by atoms with Crippen molar-refractivity contribution in [1.29, 1.82) is 0 Å². The summed E-state index contributed by atoms with van der Waals surface area (Å²) in [4.78, 5) is 17.3. The van der Waals surface area contributed by atoms with Crippen LogP contribution in [0, 0.1) is 6.92 Å². The first-order chi connectivity index (χ1) is 15.5. The third-order valence-electron chi connectivity index (χ3n) is 4.91. The molecule has 1 aromatic heterocycles. The molecule has 1 atom stereocenters. The highest BCUT2D eigenvalue weighted by Gasteiger charge is 2.13. The van der Waals surface area contributed by atoms with Gasteiger partial charge in [-0.1, -0.05) is 13.0 Å². The molecule has 0 radical (unpaired) electrons. The van der Waals surface area contributed by atoms with Gasteiger partial charge >= 0.3 is 0 Å². The van der Waals surface area contributed by atoms with Crippen LogP contribution in [-0.4, -0.2) is 30.7 Å². The lowest BCUT2D eigenvalue weighted by Crippen LogP contribution is -2.16. The van der Waals surface area contributed by atoms with Crippen molar-refractivity contribution in [2.24, 2.45) is 0 Å².